The maximum atomic E-state index is 12.3. The summed E-state index contributed by atoms with van der Waals surface area (Å²) in [5.74, 6) is 1.97. The first-order chi connectivity index (χ1) is 11.2. The van der Waals surface area contributed by atoms with Crippen molar-refractivity contribution in [2.45, 2.75) is 45.8 Å². The lowest BCUT2D eigenvalue weighted by molar-refractivity contribution is -0.125. The van der Waals surface area contributed by atoms with Crippen molar-refractivity contribution in [2.75, 3.05) is 19.7 Å². The first-order valence-electron chi connectivity index (χ1n) is 8.61. The predicted molar refractivity (Wildman–Crippen MR) is 96.1 cm³/mol. The fraction of sp³-hybridized carbons (Fsp3) is 0.611. The molecule has 1 aromatic rings. The average molecular weight is 355 g/mol. The molecule has 2 atom stereocenters. The van der Waals surface area contributed by atoms with Crippen LogP contribution in [0.2, 0.25) is 0 Å². The second-order valence-corrected chi connectivity index (χ2v) is 6.39. The van der Waals surface area contributed by atoms with Crippen molar-refractivity contribution in [1.82, 2.24) is 10.6 Å². The lowest BCUT2D eigenvalue weighted by atomic mass is 9.98. The number of fused-ring (bicyclic) bond motifs is 1. The molecule has 3 rings (SSSR count). The van der Waals surface area contributed by atoms with E-state index in [0.29, 0.717) is 13.2 Å². The number of benzene rings is 1. The molecule has 1 fully saturated rings. The molecule has 0 bridgehead atoms. The lowest BCUT2D eigenvalue weighted by Crippen LogP contribution is -2.40. The summed E-state index contributed by atoms with van der Waals surface area (Å²) in [4.78, 5) is 12.3. The zero-order chi connectivity index (χ0) is 16.2. The number of ether oxygens (including phenoxy) is 2. The molecule has 2 heterocycles. The Morgan fingerprint density at radius 3 is 3.00 bits per heavy atom. The van der Waals surface area contributed by atoms with Gasteiger partial charge < -0.3 is 20.1 Å². The maximum absolute atomic E-state index is 12.3. The first-order valence-corrected chi connectivity index (χ1v) is 8.61. The van der Waals surface area contributed by atoms with E-state index in [1.54, 1.807) is 0 Å². The Morgan fingerprint density at radius 2 is 2.29 bits per heavy atom. The highest BCUT2D eigenvalue weighted by Crippen LogP contribution is 2.35. The molecule has 6 heteroatoms. The van der Waals surface area contributed by atoms with Gasteiger partial charge in [-0.15, -0.1) is 12.4 Å². The molecule has 0 saturated carbocycles. The number of hydrogen-bond donors (Lipinski definition) is 2. The van der Waals surface area contributed by atoms with E-state index in [9.17, 15) is 4.79 Å². The van der Waals surface area contributed by atoms with Gasteiger partial charge in [0, 0.05) is 30.6 Å². The van der Waals surface area contributed by atoms with Gasteiger partial charge >= 0.3 is 0 Å². The van der Waals surface area contributed by atoms with Crippen molar-refractivity contribution in [3.05, 3.63) is 23.3 Å². The number of amides is 1. The van der Waals surface area contributed by atoms with Crippen molar-refractivity contribution in [3.63, 3.8) is 0 Å². The summed E-state index contributed by atoms with van der Waals surface area (Å²) in [7, 11) is 0. The van der Waals surface area contributed by atoms with Gasteiger partial charge in [-0.2, -0.15) is 0 Å². The van der Waals surface area contributed by atoms with E-state index in [1.807, 2.05) is 13.0 Å². The first kappa shape index (κ1) is 18.9. The lowest BCUT2D eigenvalue weighted by Gasteiger charge is -2.22. The van der Waals surface area contributed by atoms with Gasteiger partial charge in [-0.25, -0.2) is 0 Å². The predicted octanol–water partition coefficient (Wildman–Crippen LogP) is 2.45. The molecule has 5 nitrogen and oxygen atoms in total. The van der Waals surface area contributed by atoms with Gasteiger partial charge in [-0.05, 0) is 45.4 Å². The number of carbonyl (C=O) groups excluding carboxylic acids is 1. The standard InChI is InChI=1S/C18H26N2O3.ClH/c1-3-22-16-8-14-7-12(2)23-17(14)9-15(16)11-20-18(21)13-5-4-6-19-10-13;/h8-9,12-13,19H,3-7,10-11H2,1-2H3,(H,20,21);1H. The smallest absolute Gasteiger partial charge is 0.224 e. The van der Waals surface area contributed by atoms with Crippen LogP contribution >= 0.6 is 12.4 Å². The van der Waals surface area contributed by atoms with E-state index in [4.69, 9.17) is 9.47 Å². The normalized spacial score (nSPS) is 22.1. The molecule has 2 unspecified atom stereocenters. The summed E-state index contributed by atoms with van der Waals surface area (Å²) < 4.78 is 11.6. The Bertz CT molecular complexity index is 574. The van der Waals surface area contributed by atoms with Crippen LogP contribution in [0.3, 0.4) is 0 Å². The van der Waals surface area contributed by atoms with Crippen LogP contribution in [-0.2, 0) is 17.8 Å². The van der Waals surface area contributed by atoms with E-state index >= 15 is 0 Å². The number of halogens is 1. The number of rotatable bonds is 5. The number of hydrogen-bond acceptors (Lipinski definition) is 4. The van der Waals surface area contributed by atoms with E-state index in [-0.39, 0.29) is 30.3 Å². The van der Waals surface area contributed by atoms with E-state index < -0.39 is 0 Å². The highest BCUT2D eigenvalue weighted by atomic mass is 35.5. The maximum Gasteiger partial charge on any atom is 0.224 e. The van der Waals surface area contributed by atoms with Crippen LogP contribution in [0, 0.1) is 5.92 Å². The molecule has 1 saturated heterocycles. The topological polar surface area (TPSA) is 59.6 Å². The molecule has 1 amide bonds. The largest absolute Gasteiger partial charge is 0.494 e. The number of carbonyl (C=O) groups is 1. The summed E-state index contributed by atoms with van der Waals surface area (Å²) in [6.07, 6.45) is 3.14. The van der Waals surface area contributed by atoms with Crippen molar-refractivity contribution in [2.24, 2.45) is 5.92 Å². The zero-order valence-electron chi connectivity index (χ0n) is 14.4. The molecule has 0 radical (unpaired) electrons. The van der Waals surface area contributed by atoms with Gasteiger partial charge in [0.2, 0.25) is 5.91 Å². The summed E-state index contributed by atoms with van der Waals surface area (Å²) in [6.45, 7) is 6.92. The summed E-state index contributed by atoms with van der Waals surface area (Å²) in [6, 6.07) is 4.08. The van der Waals surface area contributed by atoms with E-state index in [0.717, 1.165) is 49.4 Å². The molecule has 0 aliphatic carbocycles. The second kappa shape index (κ2) is 8.58. The molecule has 0 aromatic heterocycles. The molecule has 2 aliphatic rings. The minimum absolute atomic E-state index is 0. The monoisotopic (exact) mass is 354 g/mol. The molecular formula is C18H27ClN2O3. The van der Waals surface area contributed by atoms with Crippen LogP contribution in [-0.4, -0.2) is 31.7 Å². The fourth-order valence-electron chi connectivity index (χ4n) is 3.31. The Kier molecular flexibility index (Phi) is 6.75. The zero-order valence-corrected chi connectivity index (χ0v) is 15.2. The molecule has 24 heavy (non-hydrogen) atoms. The molecule has 0 spiro atoms. The molecular weight excluding hydrogens is 328 g/mol. The van der Waals surface area contributed by atoms with Crippen molar-refractivity contribution in [1.29, 1.82) is 0 Å². The Balaban J connectivity index is 0.00000208. The van der Waals surface area contributed by atoms with Gasteiger partial charge in [-0.1, -0.05) is 0 Å². The molecule has 2 aliphatic heterocycles. The third-order valence-corrected chi connectivity index (χ3v) is 4.50. The Morgan fingerprint density at radius 1 is 1.46 bits per heavy atom. The number of piperidine rings is 1. The Hall–Kier alpha value is -1.46. The van der Waals surface area contributed by atoms with Gasteiger partial charge in [0.25, 0.3) is 0 Å². The Labute approximate surface area is 149 Å². The summed E-state index contributed by atoms with van der Waals surface area (Å²) >= 11 is 0. The average Bonchev–Trinajstić information content (AvgIpc) is 2.92. The van der Waals surface area contributed by atoms with E-state index in [1.165, 1.54) is 5.56 Å². The minimum atomic E-state index is 0. The van der Waals surface area contributed by atoms with Crippen LogP contribution in [0.1, 0.15) is 37.8 Å². The number of nitrogens with one attached hydrogen (secondary N) is 2. The minimum Gasteiger partial charge on any atom is -0.494 e. The fourth-order valence-corrected chi connectivity index (χ4v) is 3.31. The quantitative estimate of drug-likeness (QED) is 0.852. The molecule has 1 aromatic carbocycles. The summed E-state index contributed by atoms with van der Waals surface area (Å²) in [5.41, 5.74) is 2.17. The van der Waals surface area contributed by atoms with Crippen LogP contribution in [0.4, 0.5) is 0 Å². The third-order valence-electron chi connectivity index (χ3n) is 4.50. The van der Waals surface area contributed by atoms with Gasteiger partial charge in [0.1, 0.15) is 17.6 Å². The SMILES string of the molecule is CCOc1cc2c(cc1CNC(=O)C1CCCNC1)OC(C)C2.Cl. The van der Waals surface area contributed by atoms with E-state index in [2.05, 4.69) is 23.6 Å². The van der Waals surface area contributed by atoms with Crippen LogP contribution in [0.15, 0.2) is 12.1 Å². The van der Waals surface area contributed by atoms with Crippen molar-refractivity contribution < 1.29 is 14.3 Å². The van der Waals surface area contributed by atoms with Gasteiger partial charge in [-0.3, -0.25) is 4.79 Å². The summed E-state index contributed by atoms with van der Waals surface area (Å²) in [5, 5.41) is 6.33. The highest BCUT2D eigenvalue weighted by Gasteiger charge is 2.23. The molecule has 134 valence electrons. The van der Waals surface area contributed by atoms with Gasteiger partial charge in [0.05, 0.1) is 12.5 Å². The van der Waals surface area contributed by atoms with Crippen LogP contribution in [0.5, 0.6) is 11.5 Å². The van der Waals surface area contributed by atoms with Gasteiger partial charge in [0.15, 0.2) is 0 Å². The highest BCUT2D eigenvalue weighted by molar-refractivity contribution is 5.85. The van der Waals surface area contributed by atoms with Crippen molar-refractivity contribution in [3.8, 4) is 11.5 Å². The van der Waals surface area contributed by atoms with Crippen molar-refractivity contribution >= 4 is 18.3 Å². The molecule has 2 N–H and O–H groups in total. The van der Waals surface area contributed by atoms with Crippen LogP contribution in [0.25, 0.3) is 0 Å². The third kappa shape index (κ3) is 4.33. The van der Waals surface area contributed by atoms with Crippen LogP contribution < -0.4 is 20.1 Å². The second-order valence-electron chi connectivity index (χ2n) is 6.39.